The Hall–Kier alpha value is -3.16. The van der Waals surface area contributed by atoms with Crippen molar-refractivity contribution >= 4 is 23.5 Å². The smallest absolute Gasteiger partial charge is 0.328 e. The molecule has 8 nitrogen and oxygen atoms in total. The van der Waals surface area contributed by atoms with Crippen molar-refractivity contribution in [1.29, 1.82) is 0 Å². The number of nitrogens with zero attached hydrogens (tertiary/aromatic N) is 3. The first-order chi connectivity index (χ1) is 13.1. The van der Waals surface area contributed by atoms with Crippen LogP contribution in [0.15, 0.2) is 36.7 Å². The number of carbonyl (C=O) groups is 3. The first-order valence-electron chi connectivity index (χ1n) is 9.12. The number of hydrogen-bond donors (Lipinski definition) is 2. The van der Waals surface area contributed by atoms with Crippen LogP contribution in [0.25, 0.3) is 0 Å². The molecule has 0 unspecified atom stereocenters. The Balaban J connectivity index is 1.57. The number of urea groups is 1. The van der Waals surface area contributed by atoms with Gasteiger partial charge in [-0.2, -0.15) is 0 Å². The van der Waals surface area contributed by atoms with Crippen LogP contribution in [0.3, 0.4) is 0 Å². The van der Waals surface area contributed by atoms with E-state index in [2.05, 4.69) is 15.3 Å². The van der Waals surface area contributed by atoms with Crippen molar-refractivity contribution in [2.75, 3.05) is 24.5 Å². The first-order valence-corrected chi connectivity index (χ1v) is 9.12. The number of aromatic nitrogens is 2. The van der Waals surface area contributed by atoms with E-state index < -0.39 is 6.03 Å². The maximum atomic E-state index is 13.2. The topological polar surface area (TPSA) is 98.4 Å². The zero-order valence-corrected chi connectivity index (χ0v) is 14.9. The van der Waals surface area contributed by atoms with E-state index in [1.54, 1.807) is 36.7 Å². The van der Waals surface area contributed by atoms with E-state index in [9.17, 15) is 14.4 Å². The minimum absolute atomic E-state index is 0.105. The number of hydrogen-bond acceptors (Lipinski definition) is 4. The molecule has 4 rings (SSSR count). The predicted molar refractivity (Wildman–Crippen MR) is 98.4 cm³/mol. The SMILES string of the molecule is O=C1CCN(c2ccccc2C(=O)N2CCC[C@H](c3ncc[nH]3)C2)C(=O)N1. The van der Waals surface area contributed by atoms with Crippen molar-refractivity contribution in [3.05, 3.63) is 48.0 Å². The van der Waals surface area contributed by atoms with Crippen molar-refractivity contribution in [3.63, 3.8) is 0 Å². The Morgan fingerprint density at radius 2 is 2.04 bits per heavy atom. The molecular weight excluding hydrogens is 346 g/mol. The summed E-state index contributed by atoms with van der Waals surface area (Å²) in [6.45, 7) is 1.53. The van der Waals surface area contributed by atoms with Crippen molar-refractivity contribution in [3.8, 4) is 0 Å². The lowest BCUT2D eigenvalue weighted by molar-refractivity contribution is -0.120. The Morgan fingerprint density at radius 1 is 1.19 bits per heavy atom. The van der Waals surface area contributed by atoms with Gasteiger partial charge < -0.3 is 9.88 Å². The number of nitrogens with one attached hydrogen (secondary N) is 2. The second-order valence-corrected chi connectivity index (χ2v) is 6.84. The molecule has 0 spiro atoms. The zero-order chi connectivity index (χ0) is 18.8. The summed E-state index contributed by atoms with van der Waals surface area (Å²) in [5, 5.41) is 2.31. The largest absolute Gasteiger partial charge is 0.348 e. The number of anilines is 1. The monoisotopic (exact) mass is 367 g/mol. The highest BCUT2D eigenvalue weighted by Crippen LogP contribution is 2.28. The standard InChI is InChI=1S/C19H21N5O3/c25-16-7-11-24(19(27)22-16)15-6-2-1-5-14(15)18(26)23-10-3-4-13(12-23)17-20-8-9-21-17/h1-2,5-6,8-9,13H,3-4,7,10-12H2,(H,20,21)(H,22,25,27)/t13-/m0/s1. The van der Waals surface area contributed by atoms with Gasteiger partial charge in [0.05, 0.1) is 11.3 Å². The molecule has 2 aromatic rings. The number of rotatable bonds is 3. The summed E-state index contributed by atoms with van der Waals surface area (Å²) >= 11 is 0. The molecular formula is C19H21N5O3. The highest BCUT2D eigenvalue weighted by molar-refractivity contribution is 6.09. The van der Waals surface area contributed by atoms with E-state index in [0.717, 1.165) is 18.7 Å². The maximum absolute atomic E-state index is 13.2. The molecule has 8 heteroatoms. The van der Waals surface area contributed by atoms with E-state index >= 15 is 0 Å². The number of likely N-dealkylation sites (tertiary alicyclic amines) is 1. The van der Waals surface area contributed by atoms with Crippen LogP contribution < -0.4 is 10.2 Å². The lowest BCUT2D eigenvalue weighted by Crippen LogP contribution is -2.50. The second kappa shape index (κ2) is 7.22. The molecule has 0 bridgehead atoms. The summed E-state index contributed by atoms with van der Waals surface area (Å²) in [5.74, 6) is 0.680. The summed E-state index contributed by atoms with van der Waals surface area (Å²) < 4.78 is 0. The molecule has 1 aromatic heterocycles. The normalized spacial score (nSPS) is 20.5. The van der Waals surface area contributed by atoms with Crippen LogP contribution in [-0.2, 0) is 4.79 Å². The number of imide groups is 1. The third-order valence-corrected chi connectivity index (χ3v) is 5.09. The van der Waals surface area contributed by atoms with E-state index in [1.165, 1.54) is 4.90 Å². The molecule has 2 aliphatic heterocycles. The second-order valence-electron chi connectivity index (χ2n) is 6.84. The van der Waals surface area contributed by atoms with Gasteiger partial charge in [0.2, 0.25) is 5.91 Å². The summed E-state index contributed by atoms with van der Waals surface area (Å²) in [4.78, 5) is 47.6. The average Bonchev–Trinajstić information content (AvgIpc) is 3.23. The number of aromatic amines is 1. The van der Waals surface area contributed by atoms with Gasteiger partial charge in [-0.15, -0.1) is 0 Å². The van der Waals surface area contributed by atoms with Crippen LogP contribution in [0.4, 0.5) is 10.5 Å². The lowest BCUT2D eigenvalue weighted by atomic mass is 9.96. The Morgan fingerprint density at radius 3 is 2.81 bits per heavy atom. The summed E-state index contributed by atoms with van der Waals surface area (Å²) in [6.07, 6.45) is 5.62. The quantitative estimate of drug-likeness (QED) is 0.865. The molecule has 2 saturated heterocycles. The van der Waals surface area contributed by atoms with Gasteiger partial charge in [0.15, 0.2) is 0 Å². The fourth-order valence-corrected chi connectivity index (χ4v) is 3.74. The van der Waals surface area contributed by atoms with E-state index in [0.29, 0.717) is 24.3 Å². The summed E-state index contributed by atoms with van der Waals surface area (Å²) in [7, 11) is 0. The van der Waals surface area contributed by atoms with Gasteiger partial charge in [-0.3, -0.25) is 19.8 Å². The fourth-order valence-electron chi connectivity index (χ4n) is 3.74. The minimum Gasteiger partial charge on any atom is -0.348 e. The minimum atomic E-state index is -0.487. The fraction of sp³-hybridized carbons (Fsp3) is 0.368. The molecule has 1 aromatic carbocycles. The Kier molecular flexibility index (Phi) is 4.62. The average molecular weight is 367 g/mol. The number of H-pyrrole nitrogens is 1. The molecule has 2 N–H and O–H groups in total. The number of imidazole rings is 1. The summed E-state index contributed by atoms with van der Waals surface area (Å²) in [5.41, 5.74) is 1.01. The van der Waals surface area contributed by atoms with Gasteiger partial charge in [-0.25, -0.2) is 9.78 Å². The van der Waals surface area contributed by atoms with Crippen LogP contribution in [0, 0.1) is 0 Å². The number of piperidine rings is 1. The van der Waals surface area contributed by atoms with E-state index in [4.69, 9.17) is 0 Å². The van der Waals surface area contributed by atoms with Gasteiger partial charge in [0.1, 0.15) is 5.82 Å². The Bertz CT molecular complexity index is 864. The molecule has 27 heavy (non-hydrogen) atoms. The number of benzene rings is 1. The lowest BCUT2D eigenvalue weighted by Gasteiger charge is -2.34. The first kappa shape index (κ1) is 17.3. The van der Waals surface area contributed by atoms with Gasteiger partial charge in [-0.05, 0) is 25.0 Å². The predicted octanol–water partition coefficient (Wildman–Crippen LogP) is 1.88. The highest BCUT2D eigenvalue weighted by atomic mass is 16.2. The third kappa shape index (κ3) is 3.42. The maximum Gasteiger partial charge on any atom is 0.328 e. The van der Waals surface area contributed by atoms with E-state index in [-0.39, 0.29) is 30.7 Å². The van der Waals surface area contributed by atoms with Gasteiger partial charge in [-0.1, -0.05) is 12.1 Å². The van der Waals surface area contributed by atoms with Gasteiger partial charge >= 0.3 is 6.03 Å². The van der Waals surface area contributed by atoms with Crippen LogP contribution in [0.5, 0.6) is 0 Å². The molecule has 2 aliphatic rings. The number of amides is 4. The molecule has 3 heterocycles. The molecule has 0 aliphatic carbocycles. The van der Waals surface area contributed by atoms with Crippen LogP contribution in [0.1, 0.15) is 41.4 Å². The highest BCUT2D eigenvalue weighted by Gasteiger charge is 2.31. The van der Waals surface area contributed by atoms with Crippen molar-refractivity contribution < 1.29 is 14.4 Å². The number of carbonyl (C=O) groups excluding carboxylic acids is 3. The number of para-hydroxylation sites is 1. The van der Waals surface area contributed by atoms with Gasteiger partial charge in [0.25, 0.3) is 5.91 Å². The molecule has 140 valence electrons. The molecule has 1 atom stereocenters. The van der Waals surface area contributed by atoms with Crippen molar-refractivity contribution in [2.24, 2.45) is 0 Å². The van der Waals surface area contributed by atoms with Gasteiger partial charge in [0, 0.05) is 44.4 Å². The van der Waals surface area contributed by atoms with E-state index in [1.807, 2.05) is 4.90 Å². The molecule has 0 radical (unpaired) electrons. The third-order valence-electron chi connectivity index (χ3n) is 5.09. The molecule has 4 amide bonds. The van der Waals surface area contributed by atoms with Crippen molar-refractivity contribution in [1.82, 2.24) is 20.2 Å². The molecule has 0 saturated carbocycles. The zero-order valence-electron chi connectivity index (χ0n) is 14.9. The van der Waals surface area contributed by atoms with Crippen LogP contribution >= 0.6 is 0 Å². The van der Waals surface area contributed by atoms with Crippen molar-refractivity contribution in [2.45, 2.75) is 25.2 Å². The Labute approximate surface area is 156 Å². The van der Waals surface area contributed by atoms with Crippen LogP contribution in [-0.4, -0.2) is 52.3 Å². The van der Waals surface area contributed by atoms with Crippen LogP contribution in [0.2, 0.25) is 0 Å². The molecule has 2 fully saturated rings. The summed E-state index contributed by atoms with van der Waals surface area (Å²) in [6, 6.07) is 6.57.